The van der Waals surface area contributed by atoms with Gasteiger partial charge in [0, 0.05) is 0 Å². The maximum absolute atomic E-state index is 0. The van der Waals surface area contributed by atoms with Crippen molar-refractivity contribution in [3.8, 4) is 0 Å². The van der Waals surface area contributed by atoms with Gasteiger partial charge in [0.25, 0.3) is 0 Å². The molecule has 0 aliphatic rings. The second kappa shape index (κ2) is 95.6. The first-order valence-corrected chi connectivity index (χ1v) is 0. The van der Waals surface area contributed by atoms with Crippen LogP contribution in [-0.4, -0.2) is 0 Å². The maximum atomic E-state index is 0. The first kappa shape index (κ1) is 119. The van der Waals surface area contributed by atoms with Gasteiger partial charge in [-0.15, -0.1) is 0 Å². The smallest absolute Gasteiger partial charge is 2.00 e. The van der Waals surface area contributed by atoms with Gasteiger partial charge in [-0.1, -0.05) is 0 Å². The van der Waals surface area contributed by atoms with Gasteiger partial charge in [0.05, 0.1) is 0 Å². The molecule has 2 radical (unpaired) electrons. The molecule has 0 rings (SSSR count). The summed E-state index contributed by atoms with van der Waals surface area (Å²) in [5.74, 6) is 0. The normalized spacial score (nSPS) is 0. The molecule has 0 spiro atoms. The zero-order chi connectivity index (χ0) is 0. The van der Waals surface area contributed by atoms with E-state index in [-0.39, 0.29) is 189 Å². The molecule has 0 aliphatic heterocycles. The number of rotatable bonds is 0. The van der Waals surface area contributed by atoms with Gasteiger partial charge in [0.15, 0.2) is 0 Å². The van der Waals surface area contributed by atoms with Crippen LogP contribution in [0.2, 0.25) is 0 Å². The SMILES string of the molecule is [Ce+3].[Gd+3].[La+3].[O-2].[O-2].[O-2].[O-2].[O-2].[O-2].[Tb+3]. The van der Waals surface area contributed by atoms with Crippen LogP contribution in [0.5, 0.6) is 0 Å². The van der Waals surface area contributed by atoms with E-state index in [0.717, 1.165) is 0 Å². The summed E-state index contributed by atoms with van der Waals surface area (Å²) in [5, 5.41) is 0. The van der Waals surface area contributed by atoms with Gasteiger partial charge in [-0.25, -0.2) is 0 Å². The van der Waals surface area contributed by atoms with E-state index in [2.05, 4.69) is 0 Å². The quantitative estimate of drug-likeness (QED) is 0.313. The molecule has 60 valence electrons. The summed E-state index contributed by atoms with van der Waals surface area (Å²) < 4.78 is 0. The second-order valence-corrected chi connectivity index (χ2v) is 0. The number of hydrogen-bond donors (Lipinski definition) is 0. The molecule has 0 amide bonds. The van der Waals surface area contributed by atoms with Crippen LogP contribution >= 0.6 is 0 Å². The average Bonchev–Trinajstić information content (AvgIpc) is 0. The topological polar surface area (TPSA) is 171 Å². The van der Waals surface area contributed by atoms with Crippen molar-refractivity contribution < 1.29 is 189 Å². The molecule has 0 saturated carbocycles. The molecule has 10 heavy (non-hydrogen) atoms. The largest absolute Gasteiger partial charge is 3.00 e. The van der Waals surface area contributed by atoms with E-state index < -0.39 is 0 Å². The second-order valence-electron chi connectivity index (χ2n) is 0. The van der Waals surface area contributed by atoms with Crippen molar-refractivity contribution in [3.63, 3.8) is 0 Å². The molecule has 10 heteroatoms. The standard InChI is InChI=1S/Ce.Gd.La.6O.Tb/q3*+3;6*-2;+3. The Labute approximate surface area is 183 Å². The van der Waals surface area contributed by atoms with Gasteiger partial charge < -0.3 is 32.9 Å². The van der Waals surface area contributed by atoms with Crippen LogP contribution in [0.4, 0.5) is 0 Å². The summed E-state index contributed by atoms with van der Waals surface area (Å²) in [6, 6.07) is 0. The summed E-state index contributed by atoms with van der Waals surface area (Å²) in [6.45, 7) is 0. The Hall–Kier alpha value is 4.94. The van der Waals surface area contributed by atoms with E-state index in [9.17, 15) is 0 Å². The van der Waals surface area contributed by atoms with Gasteiger partial charge in [0.1, 0.15) is 0 Å². The van der Waals surface area contributed by atoms with E-state index in [1.807, 2.05) is 0 Å². The van der Waals surface area contributed by atoms with Gasteiger partial charge in [0.2, 0.25) is 0 Å². The summed E-state index contributed by atoms with van der Waals surface area (Å²) in [5.41, 5.74) is 0. The van der Waals surface area contributed by atoms with E-state index >= 15 is 0 Å². The Morgan fingerprint density at radius 3 is 0.500 bits per heavy atom. The molecule has 0 heterocycles. The molecule has 0 aromatic heterocycles. The van der Waals surface area contributed by atoms with Crippen LogP contribution in [0.1, 0.15) is 0 Å². The zero-order valence-electron chi connectivity index (χ0n) is 4.21. The van der Waals surface area contributed by atoms with Crippen molar-refractivity contribution in [2.24, 2.45) is 0 Å². The third-order valence-corrected chi connectivity index (χ3v) is 0. The molecular weight excluding hydrogens is 691 g/mol. The van der Waals surface area contributed by atoms with E-state index in [1.165, 1.54) is 0 Å². The third kappa shape index (κ3) is 75.6. The van der Waals surface area contributed by atoms with E-state index in [1.54, 1.807) is 0 Å². The predicted molar refractivity (Wildman–Crippen MR) is 4.12 cm³/mol. The monoisotopic (exact) mass is 692 g/mol. The van der Waals surface area contributed by atoms with Crippen LogP contribution in [0.3, 0.4) is 0 Å². The fourth-order valence-corrected chi connectivity index (χ4v) is 0. The summed E-state index contributed by atoms with van der Waals surface area (Å²) in [4.78, 5) is 0. The summed E-state index contributed by atoms with van der Waals surface area (Å²) in [7, 11) is 0. The Balaban J connectivity index is 0. The summed E-state index contributed by atoms with van der Waals surface area (Å²) >= 11 is 0. The Morgan fingerprint density at radius 1 is 0.500 bits per heavy atom. The minimum Gasteiger partial charge on any atom is -2.00 e. The van der Waals surface area contributed by atoms with Crippen LogP contribution in [0, 0.1) is 156 Å². The van der Waals surface area contributed by atoms with Crippen LogP contribution < -0.4 is 0 Å². The number of hydrogen-bond acceptors (Lipinski definition) is 0. The molecule has 6 nitrogen and oxygen atoms in total. The van der Waals surface area contributed by atoms with Crippen molar-refractivity contribution in [1.82, 2.24) is 0 Å². The zero-order valence-corrected chi connectivity index (χ0v) is 15.4. The van der Waals surface area contributed by atoms with Gasteiger partial charge in [-0.05, 0) is 0 Å². The minimum atomic E-state index is 0. The molecule has 0 N–H and O–H groups in total. The van der Waals surface area contributed by atoms with Crippen LogP contribution in [0.25, 0.3) is 0 Å². The van der Waals surface area contributed by atoms with Crippen molar-refractivity contribution in [2.75, 3.05) is 0 Å². The third-order valence-electron chi connectivity index (χ3n) is 0. The Bertz CT molecular complexity index is 17.7. The molecule has 0 aliphatic carbocycles. The molecule has 0 bridgehead atoms. The van der Waals surface area contributed by atoms with Crippen LogP contribution in [0.15, 0.2) is 0 Å². The fraction of sp³-hybridized carbons (Fsp3) is 0. The van der Waals surface area contributed by atoms with E-state index in [4.69, 9.17) is 0 Å². The van der Waals surface area contributed by atoms with Crippen molar-refractivity contribution in [2.45, 2.75) is 0 Å². The fourth-order valence-electron chi connectivity index (χ4n) is 0. The van der Waals surface area contributed by atoms with Crippen molar-refractivity contribution in [1.29, 1.82) is 0 Å². The molecule has 0 unspecified atom stereocenters. The Morgan fingerprint density at radius 2 is 0.500 bits per heavy atom. The van der Waals surface area contributed by atoms with Gasteiger partial charge in [-0.2, -0.15) is 0 Å². The average molecular weight is 691 g/mol. The predicted octanol–water partition coefficient (Wildman–Crippen LogP) is -0.713. The minimum absolute atomic E-state index is 0. The molecule has 0 fully saturated rings. The molecule has 0 saturated heterocycles. The summed E-state index contributed by atoms with van der Waals surface area (Å²) in [6.07, 6.45) is 0. The molecule has 0 atom stereocenters. The maximum Gasteiger partial charge on any atom is 3.00 e. The van der Waals surface area contributed by atoms with Crippen LogP contribution in [-0.2, 0) is 32.9 Å². The van der Waals surface area contributed by atoms with Crippen molar-refractivity contribution >= 4 is 0 Å². The van der Waals surface area contributed by atoms with Crippen molar-refractivity contribution in [3.05, 3.63) is 0 Å². The van der Waals surface area contributed by atoms with E-state index in [0.29, 0.717) is 0 Å². The van der Waals surface area contributed by atoms with Gasteiger partial charge >= 0.3 is 156 Å². The molecular formula is CeGdLaO6Tb. The molecule has 0 aromatic carbocycles. The van der Waals surface area contributed by atoms with Gasteiger partial charge in [-0.3, -0.25) is 0 Å². The molecule has 0 aromatic rings. The first-order valence-electron chi connectivity index (χ1n) is 0. The first-order chi connectivity index (χ1) is 0. The Kier molecular flexibility index (Phi) is 1140.